The van der Waals surface area contributed by atoms with E-state index in [0.29, 0.717) is 13.0 Å². The largest absolute Gasteiger partial charge is 0.465 e. The smallest absolute Gasteiger partial charge is 0.324 e. The molecule has 5 nitrogen and oxygen atoms in total. The summed E-state index contributed by atoms with van der Waals surface area (Å²) < 4.78 is 15.6. The molecule has 2 unspecified atom stereocenters. The SMILES string of the molecule is CCOC(=O)C(CC1CO1)(C(=O)OCC)C1C=CCC1. The van der Waals surface area contributed by atoms with Crippen LogP contribution in [-0.4, -0.2) is 37.9 Å². The van der Waals surface area contributed by atoms with E-state index in [-0.39, 0.29) is 25.2 Å². The topological polar surface area (TPSA) is 65.1 Å². The molecule has 1 aliphatic carbocycles. The van der Waals surface area contributed by atoms with Crippen molar-refractivity contribution in [2.45, 2.75) is 39.2 Å². The van der Waals surface area contributed by atoms with Crippen LogP contribution in [0.25, 0.3) is 0 Å². The van der Waals surface area contributed by atoms with Gasteiger partial charge in [-0.2, -0.15) is 0 Å². The predicted molar refractivity (Wildman–Crippen MR) is 71.9 cm³/mol. The molecule has 2 aliphatic rings. The number of hydrogen-bond acceptors (Lipinski definition) is 5. The molecule has 0 aromatic heterocycles. The minimum atomic E-state index is -1.25. The molecular formula is C15H22O5. The predicted octanol–water partition coefficient (Wildman–Crippen LogP) is 1.85. The molecule has 1 aliphatic heterocycles. The minimum absolute atomic E-state index is 0.0437. The van der Waals surface area contributed by atoms with Gasteiger partial charge in [0.2, 0.25) is 0 Å². The fourth-order valence-corrected chi connectivity index (χ4v) is 2.81. The third-order valence-corrected chi connectivity index (χ3v) is 3.88. The van der Waals surface area contributed by atoms with Gasteiger partial charge in [-0.05, 0) is 26.7 Å². The van der Waals surface area contributed by atoms with Crippen LogP contribution >= 0.6 is 0 Å². The summed E-state index contributed by atoms with van der Waals surface area (Å²) in [6, 6.07) is 0. The highest BCUT2D eigenvalue weighted by Crippen LogP contribution is 2.44. The third kappa shape index (κ3) is 2.87. The zero-order valence-electron chi connectivity index (χ0n) is 12.1. The first-order valence-electron chi connectivity index (χ1n) is 7.27. The molecule has 5 heteroatoms. The summed E-state index contributed by atoms with van der Waals surface area (Å²) >= 11 is 0. The molecule has 0 aromatic carbocycles. The van der Waals surface area contributed by atoms with Gasteiger partial charge >= 0.3 is 11.9 Å². The van der Waals surface area contributed by atoms with E-state index < -0.39 is 17.4 Å². The first-order chi connectivity index (χ1) is 9.65. The first kappa shape index (κ1) is 15.0. The van der Waals surface area contributed by atoms with E-state index in [4.69, 9.17) is 14.2 Å². The van der Waals surface area contributed by atoms with Crippen LogP contribution in [0.3, 0.4) is 0 Å². The highest BCUT2D eigenvalue weighted by atomic mass is 16.6. The van der Waals surface area contributed by atoms with Crippen LogP contribution in [0.4, 0.5) is 0 Å². The van der Waals surface area contributed by atoms with Gasteiger partial charge in [-0.15, -0.1) is 0 Å². The maximum atomic E-state index is 12.5. The molecule has 20 heavy (non-hydrogen) atoms. The molecule has 1 fully saturated rings. The van der Waals surface area contributed by atoms with Gasteiger partial charge in [-0.1, -0.05) is 12.2 Å². The molecule has 0 radical (unpaired) electrons. The second-order valence-electron chi connectivity index (χ2n) is 5.18. The molecule has 0 saturated carbocycles. The minimum Gasteiger partial charge on any atom is -0.465 e. The number of rotatable bonds is 7. The van der Waals surface area contributed by atoms with E-state index in [0.717, 1.165) is 12.8 Å². The summed E-state index contributed by atoms with van der Waals surface area (Å²) in [4.78, 5) is 25.0. The highest BCUT2D eigenvalue weighted by molar-refractivity contribution is 6.01. The Labute approximate surface area is 119 Å². The lowest BCUT2D eigenvalue weighted by Crippen LogP contribution is -2.48. The number of carbonyl (C=O) groups is 2. The summed E-state index contributed by atoms with van der Waals surface area (Å²) in [5.74, 6) is -1.12. The average Bonchev–Trinajstić information content (AvgIpc) is 3.07. The van der Waals surface area contributed by atoms with Gasteiger partial charge in [-0.25, -0.2) is 0 Å². The monoisotopic (exact) mass is 282 g/mol. The Balaban J connectivity index is 2.31. The summed E-state index contributed by atoms with van der Waals surface area (Å²) in [7, 11) is 0. The molecule has 2 atom stereocenters. The summed E-state index contributed by atoms with van der Waals surface area (Å²) in [5.41, 5.74) is -1.25. The average molecular weight is 282 g/mol. The molecule has 0 bridgehead atoms. The van der Waals surface area contributed by atoms with Gasteiger partial charge < -0.3 is 14.2 Å². The maximum Gasteiger partial charge on any atom is 0.324 e. The fraction of sp³-hybridized carbons (Fsp3) is 0.733. The van der Waals surface area contributed by atoms with Crippen molar-refractivity contribution in [2.24, 2.45) is 11.3 Å². The Kier molecular flexibility index (Phi) is 4.81. The van der Waals surface area contributed by atoms with Crippen LogP contribution in [0.5, 0.6) is 0 Å². The number of carbonyl (C=O) groups excluding carboxylic acids is 2. The molecule has 0 amide bonds. The van der Waals surface area contributed by atoms with Gasteiger partial charge in [0.15, 0.2) is 5.41 Å². The van der Waals surface area contributed by atoms with Crippen LogP contribution in [0.15, 0.2) is 12.2 Å². The number of hydrogen-bond donors (Lipinski definition) is 0. The zero-order chi connectivity index (χ0) is 14.6. The van der Waals surface area contributed by atoms with Crippen molar-refractivity contribution in [3.63, 3.8) is 0 Å². The Morgan fingerprint density at radius 3 is 2.25 bits per heavy atom. The van der Waals surface area contributed by atoms with Crippen molar-refractivity contribution < 1.29 is 23.8 Å². The van der Waals surface area contributed by atoms with Crippen LogP contribution in [0.2, 0.25) is 0 Å². The summed E-state index contributed by atoms with van der Waals surface area (Å²) in [5, 5.41) is 0. The lowest BCUT2D eigenvalue weighted by Gasteiger charge is -2.33. The molecule has 1 saturated heterocycles. The highest BCUT2D eigenvalue weighted by Gasteiger charge is 2.57. The Morgan fingerprint density at radius 1 is 1.25 bits per heavy atom. The number of epoxide rings is 1. The first-order valence-corrected chi connectivity index (χ1v) is 7.27. The maximum absolute atomic E-state index is 12.5. The van der Waals surface area contributed by atoms with Crippen molar-refractivity contribution >= 4 is 11.9 Å². The lowest BCUT2D eigenvalue weighted by molar-refractivity contribution is -0.176. The molecule has 112 valence electrons. The van der Waals surface area contributed by atoms with E-state index in [2.05, 4.69) is 0 Å². The van der Waals surface area contributed by atoms with E-state index in [1.54, 1.807) is 13.8 Å². The molecular weight excluding hydrogens is 260 g/mol. The molecule has 0 N–H and O–H groups in total. The standard InChI is InChI=1S/C15H22O5/c1-3-18-13(16)15(9-12-10-20-12,14(17)19-4-2)11-7-5-6-8-11/h5,7,11-12H,3-4,6,8-10H2,1-2H3. The van der Waals surface area contributed by atoms with Crippen molar-refractivity contribution in [1.82, 2.24) is 0 Å². The van der Waals surface area contributed by atoms with E-state index in [9.17, 15) is 9.59 Å². The fourth-order valence-electron chi connectivity index (χ4n) is 2.81. The number of esters is 2. The Hall–Kier alpha value is -1.36. The van der Waals surface area contributed by atoms with Gasteiger partial charge in [0.1, 0.15) is 0 Å². The van der Waals surface area contributed by atoms with Crippen molar-refractivity contribution in [3.05, 3.63) is 12.2 Å². The molecule has 2 rings (SSSR count). The van der Waals surface area contributed by atoms with Gasteiger partial charge in [0.25, 0.3) is 0 Å². The number of ether oxygens (including phenoxy) is 3. The summed E-state index contributed by atoms with van der Waals surface area (Å²) in [6.45, 7) is 4.58. The van der Waals surface area contributed by atoms with Gasteiger partial charge in [0.05, 0.1) is 25.9 Å². The number of allylic oxidation sites excluding steroid dienone is 2. The molecule has 1 heterocycles. The van der Waals surface area contributed by atoms with Gasteiger partial charge in [0, 0.05) is 12.3 Å². The summed E-state index contributed by atoms with van der Waals surface area (Å²) in [6.07, 6.45) is 5.89. The van der Waals surface area contributed by atoms with Crippen molar-refractivity contribution in [3.8, 4) is 0 Å². The van der Waals surface area contributed by atoms with Crippen LogP contribution in [0.1, 0.15) is 33.1 Å². The normalized spacial score (nSPS) is 24.5. The van der Waals surface area contributed by atoms with Gasteiger partial charge in [-0.3, -0.25) is 9.59 Å². The van der Waals surface area contributed by atoms with Crippen molar-refractivity contribution in [1.29, 1.82) is 0 Å². The second-order valence-corrected chi connectivity index (χ2v) is 5.18. The van der Waals surface area contributed by atoms with Crippen LogP contribution in [0, 0.1) is 11.3 Å². The van der Waals surface area contributed by atoms with Crippen LogP contribution < -0.4 is 0 Å². The lowest BCUT2D eigenvalue weighted by atomic mass is 9.71. The van der Waals surface area contributed by atoms with Crippen molar-refractivity contribution in [2.75, 3.05) is 19.8 Å². The second kappa shape index (κ2) is 6.39. The third-order valence-electron chi connectivity index (χ3n) is 3.88. The quantitative estimate of drug-likeness (QED) is 0.308. The molecule has 0 spiro atoms. The van der Waals surface area contributed by atoms with E-state index >= 15 is 0 Å². The van der Waals surface area contributed by atoms with E-state index in [1.807, 2.05) is 12.2 Å². The molecule has 0 aromatic rings. The van der Waals surface area contributed by atoms with E-state index in [1.165, 1.54) is 0 Å². The Morgan fingerprint density at radius 2 is 1.85 bits per heavy atom. The zero-order valence-corrected chi connectivity index (χ0v) is 12.1. The van der Waals surface area contributed by atoms with Crippen LogP contribution in [-0.2, 0) is 23.8 Å². The Bertz CT molecular complexity index is 379.